The standard InChI is InChI=1S/C20H18N4OS2/c1-13-9-14(2)24(23-13)18-6-4-3-5-17(18)22-19(25)10-16-12-27-20(21-16)15-7-8-26-11-15/h3-9,11-12H,10H2,1-2H3,(H,22,25). The molecule has 0 aliphatic carbocycles. The second-order valence-corrected chi connectivity index (χ2v) is 7.88. The number of thiazole rings is 1. The first-order valence-electron chi connectivity index (χ1n) is 8.49. The first-order valence-corrected chi connectivity index (χ1v) is 10.3. The molecule has 0 aliphatic rings. The summed E-state index contributed by atoms with van der Waals surface area (Å²) in [7, 11) is 0. The number of hydrogen-bond donors (Lipinski definition) is 1. The van der Waals surface area contributed by atoms with Crippen molar-refractivity contribution in [1.29, 1.82) is 0 Å². The number of benzene rings is 1. The minimum absolute atomic E-state index is 0.0915. The van der Waals surface area contributed by atoms with E-state index in [-0.39, 0.29) is 12.3 Å². The Labute approximate surface area is 165 Å². The highest BCUT2D eigenvalue weighted by Gasteiger charge is 2.13. The lowest BCUT2D eigenvalue weighted by Gasteiger charge is -2.12. The van der Waals surface area contributed by atoms with Gasteiger partial charge in [0.15, 0.2) is 0 Å². The van der Waals surface area contributed by atoms with Crippen molar-refractivity contribution in [3.63, 3.8) is 0 Å². The summed E-state index contributed by atoms with van der Waals surface area (Å²) < 4.78 is 1.85. The summed E-state index contributed by atoms with van der Waals surface area (Å²) in [5, 5.41) is 14.5. The number of rotatable bonds is 5. The van der Waals surface area contributed by atoms with Gasteiger partial charge in [0, 0.05) is 22.0 Å². The molecule has 0 fully saturated rings. The molecule has 0 saturated heterocycles. The molecule has 136 valence electrons. The van der Waals surface area contributed by atoms with Gasteiger partial charge in [-0.1, -0.05) is 12.1 Å². The molecule has 3 aromatic heterocycles. The van der Waals surface area contributed by atoms with Crippen LogP contribution < -0.4 is 5.32 Å². The molecule has 0 unspecified atom stereocenters. The Morgan fingerprint density at radius 1 is 1.19 bits per heavy atom. The van der Waals surface area contributed by atoms with Crippen LogP contribution in [0, 0.1) is 13.8 Å². The third kappa shape index (κ3) is 3.84. The largest absolute Gasteiger partial charge is 0.324 e. The smallest absolute Gasteiger partial charge is 0.230 e. The van der Waals surface area contributed by atoms with Gasteiger partial charge in [-0.15, -0.1) is 11.3 Å². The van der Waals surface area contributed by atoms with Crippen molar-refractivity contribution in [2.75, 3.05) is 5.32 Å². The van der Waals surface area contributed by atoms with Crippen LogP contribution in [0.1, 0.15) is 17.1 Å². The molecular formula is C20H18N4OS2. The first kappa shape index (κ1) is 17.6. The number of hydrogen-bond acceptors (Lipinski definition) is 5. The van der Waals surface area contributed by atoms with Gasteiger partial charge >= 0.3 is 0 Å². The first-order chi connectivity index (χ1) is 13.1. The highest BCUT2D eigenvalue weighted by atomic mass is 32.1. The van der Waals surface area contributed by atoms with E-state index in [0.29, 0.717) is 0 Å². The van der Waals surface area contributed by atoms with Crippen LogP contribution in [0.2, 0.25) is 0 Å². The number of aromatic nitrogens is 3. The number of nitrogens with one attached hydrogen (secondary N) is 1. The number of amides is 1. The maximum Gasteiger partial charge on any atom is 0.230 e. The van der Waals surface area contributed by atoms with Gasteiger partial charge in [0.1, 0.15) is 5.01 Å². The molecule has 1 amide bonds. The number of para-hydroxylation sites is 2. The van der Waals surface area contributed by atoms with Crippen molar-refractivity contribution < 1.29 is 4.79 Å². The van der Waals surface area contributed by atoms with Crippen molar-refractivity contribution in [3.05, 3.63) is 69.6 Å². The van der Waals surface area contributed by atoms with Gasteiger partial charge in [0.25, 0.3) is 0 Å². The summed E-state index contributed by atoms with van der Waals surface area (Å²) in [6, 6.07) is 11.7. The van der Waals surface area contributed by atoms with Gasteiger partial charge in [-0.25, -0.2) is 9.67 Å². The van der Waals surface area contributed by atoms with Gasteiger partial charge in [-0.3, -0.25) is 4.79 Å². The Morgan fingerprint density at radius 2 is 2.04 bits per heavy atom. The van der Waals surface area contributed by atoms with Gasteiger partial charge in [-0.2, -0.15) is 16.4 Å². The predicted octanol–water partition coefficient (Wildman–Crippen LogP) is 4.86. The molecule has 0 radical (unpaired) electrons. The minimum atomic E-state index is -0.0915. The molecule has 0 bridgehead atoms. The van der Waals surface area contributed by atoms with Crippen LogP contribution >= 0.6 is 22.7 Å². The van der Waals surface area contributed by atoms with E-state index < -0.39 is 0 Å². The highest BCUT2D eigenvalue weighted by molar-refractivity contribution is 7.14. The van der Waals surface area contributed by atoms with Gasteiger partial charge < -0.3 is 5.32 Å². The summed E-state index contributed by atoms with van der Waals surface area (Å²) in [6.45, 7) is 3.96. The number of nitrogens with zero attached hydrogens (tertiary/aromatic N) is 3. The fourth-order valence-electron chi connectivity index (χ4n) is 2.90. The van der Waals surface area contributed by atoms with Crippen LogP contribution in [-0.2, 0) is 11.2 Å². The Morgan fingerprint density at radius 3 is 2.78 bits per heavy atom. The molecule has 0 spiro atoms. The van der Waals surface area contributed by atoms with Gasteiger partial charge in [-0.05, 0) is 43.5 Å². The van der Waals surface area contributed by atoms with Gasteiger partial charge in [0.05, 0.1) is 29.2 Å². The second kappa shape index (κ2) is 7.46. The van der Waals surface area contributed by atoms with E-state index in [1.807, 2.05) is 65.7 Å². The van der Waals surface area contributed by atoms with E-state index in [1.54, 1.807) is 22.7 Å². The van der Waals surface area contributed by atoms with E-state index in [2.05, 4.69) is 20.8 Å². The quantitative estimate of drug-likeness (QED) is 0.526. The van der Waals surface area contributed by atoms with Crippen LogP contribution in [-0.4, -0.2) is 20.7 Å². The SMILES string of the molecule is Cc1cc(C)n(-c2ccccc2NC(=O)Cc2csc(-c3ccsc3)n2)n1. The van der Waals surface area contributed by atoms with Crippen LogP contribution in [0.25, 0.3) is 16.3 Å². The zero-order chi connectivity index (χ0) is 18.8. The van der Waals surface area contributed by atoms with E-state index in [1.165, 1.54) is 0 Å². The number of carbonyl (C=O) groups is 1. The maximum absolute atomic E-state index is 12.6. The molecule has 27 heavy (non-hydrogen) atoms. The lowest BCUT2D eigenvalue weighted by molar-refractivity contribution is -0.115. The van der Waals surface area contributed by atoms with E-state index in [4.69, 9.17) is 0 Å². The van der Waals surface area contributed by atoms with Crippen LogP contribution in [0.3, 0.4) is 0 Å². The molecule has 5 nitrogen and oxygen atoms in total. The lowest BCUT2D eigenvalue weighted by atomic mass is 10.2. The highest BCUT2D eigenvalue weighted by Crippen LogP contribution is 2.26. The van der Waals surface area contributed by atoms with E-state index in [0.717, 1.165) is 39.0 Å². The van der Waals surface area contributed by atoms with Crippen LogP contribution in [0.15, 0.2) is 52.5 Å². The van der Waals surface area contributed by atoms with Crippen molar-refractivity contribution in [3.8, 4) is 16.3 Å². The number of anilines is 1. The van der Waals surface area contributed by atoms with Crippen molar-refractivity contribution in [2.24, 2.45) is 0 Å². The predicted molar refractivity (Wildman–Crippen MR) is 111 cm³/mol. The molecular weight excluding hydrogens is 376 g/mol. The van der Waals surface area contributed by atoms with E-state index in [9.17, 15) is 4.79 Å². The average Bonchev–Trinajstić information content (AvgIpc) is 3.36. The second-order valence-electron chi connectivity index (χ2n) is 6.24. The van der Waals surface area contributed by atoms with Crippen LogP contribution in [0.5, 0.6) is 0 Å². The Hall–Kier alpha value is -2.77. The molecule has 7 heteroatoms. The summed E-state index contributed by atoms with van der Waals surface area (Å²) in [6.07, 6.45) is 0.242. The normalized spacial score (nSPS) is 10.9. The Kier molecular flexibility index (Phi) is 4.87. The Balaban J connectivity index is 1.51. The monoisotopic (exact) mass is 394 g/mol. The van der Waals surface area contributed by atoms with Crippen molar-refractivity contribution in [2.45, 2.75) is 20.3 Å². The molecule has 0 saturated carbocycles. The Bertz CT molecular complexity index is 1080. The molecule has 0 aliphatic heterocycles. The van der Waals surface area contributed by atoms with Crippen molar-refractivity contribution >= 4 is 34.3 Å². The summed E-state index contributed by atoms with van der Waals surface area (Å²) in [5.41, 5.74) is 5.44. The summed E-state index contributed by atoms with van der Waals surface area (Å²) in [4.78, 5) is 17.2. The number of aryl methyl sites for hydroxylation is 2. The lowest BCUT2D eigenvalue weighted by Crippen LogP contribution is -2.16. The number of thiophene rings is 1. The van der Waals surface area contributed by atoms with E-state index >= 15 is 0 Å². The summed E-state index contributed by atoms with van der Waals surface area (Å²) in [5.74, 6) is -0.0915. The third-order valence-corrected chi connectivity index (χ3v) is 5.70. The molecule has 4 aromatic rings. The average molecular weight is 395 g/mol. The maximum atomic E-state index is 12.6. The molecule has 4 rings (SSSR count). The molecule has 0 atom stereocenters. The summed E-state index contributed by atoms with van der Waals surface area (Å²) >= 11 is 3.20. The zero-order valence-corrected chi connectivity index (χ0v) is 16.6. The van der Waals surface area contributed by atoms with Crippen molar-refractivity contribution in [1.82, 2.24) is 14.8 Å². The zero-order valence-electron chi connectivity index (χ0n) is 15.0. The van der Waals surface area contributed by atoms with Crippen LogP contribution in [0.4, 0.5) is 5.69 Å². The number of carbonyl (C=O) groups excluding carboxylic acids is 1. The van der Waals surface area contributed by atoms with Gasteiger partial charge in [0.2, 0.25) is 5.91 Å². The molecule has 1 aromatic carbocycles. The minimum Gasteiger partial charge on any atom is -0.324 e. The third-order valence-electron chi connectivity index (χ3n) is 4.08. The topological polar surface area (TPSA) is 59.8 Å². The fraction of sp³-hybridized carbons (Fsp3) is 0.150. The molecule has 3 heterocycles. The molecule has 1 N–H and O–H groups in total. The fourth-order valence-corrected chi connectivity index (χ4v) is 4.43.